The second-order valence-electron chi connectivity index (χ2n) is 6.95. The lowest BCUT2D eigenvalue weighted by Gasteiger charge is -2.27. The van der Waals surface area contributed by atoms with Gasteiger partial charge in [0.05, 0.1) is 0 Å². The van der Waals surface area contributed by atoms with Gasteiger partial charge in [-0.1, -0.05) is 32.9 Å². The standard InChI is InChI=1S/C16H28ClNO/c1-12-10-14(17)7-6-13(12)11-15(19)18-9-5-8-16(2,3)4/h13-14H,1,5-11H2,2-4H3,(H,18,19). The highest BCUT2D eigenvalue weighted by atomic mass is 35.5. The summed E-state index contributed by atoms with van der Waals surface area (Å²) in [6, 6.07) is 0. The van der Waals surface area contributed by atoms with Crippen LogP contribution in [0.4, 0.5) is 0 Å². The molecule has 1 saturated carbocycles. The van der Waals surface area contributed by atoms with E-state index in [1.807, 2.05) is 0 Å². The third-order valence-electron chi connectivity index (χ3n) is 3.75. The van der Waals surface area contributed by atoms with E-state index in [1.54, 1.807) is 0 Å². The van der Waals surface area contributed by atoms with Gasteiger partial charge in [-0.3, -0.25) is 4.79 Å². The van der Waals surface area contributed by atoms with E-state index in [0.29, 0.717) is 17.8 Å². The minimum absolute atomic E-state index is 0.160. The van der Waals surface area contributed by atoms with Crippen LogP contribution in [0.3, 0.4) is 0 Å². The van der Waals surface area contributed by atoms with Crippen LogP contribution in [0.25, 0.3) is 0 Å². The van der Waals surface area contributed by atoms with Crippen LogP contribution in [-0.2, 0) is 4.79 Å². The van der Waals surface area contributed by atoms with Gasteiger partial charge in [0.1, 0.15) is 0 Å². The molecule has 110 valence electrons. The Morgan fingerprint density at radius 2 is 2.11 bits per heavy atom. The Hall–Kier alpha value is -0.500. The van der Waals surface area contributed by atoms with Gasteiger partial charge in [0.15, 0.2) is 0 Å². The molecule has 3 heteroatoms. The fraction of sp³-hybridized carbons (Fsp3) is 0.812. The number of halogens is 1. The number of alkyl halides is 1. The first-order valence-corrected chi connectivity index (χ1v) is 7.80. The van der Waals surface area contributed by atoms with Crippen molar-refractivity contribution >= 4 is 17.5 Å². The topological polar surface area (TPSA) is 29.1 Å². The predicted octanol–water partition coefficient (Wildman–Crippen LogP) is 4.28. The molecule has 1 amide bonds. The quantitative estimate of drug-likeness (QED) is 0.456. The molecule has 0 aromatic heterocycles. The zero-order valence-corrected chi connectivity index (χ0v) is 13.4. The third-order valence-corrected chi connectivity index (χ3v) is 4.12. The Balaban J connectivity index is 2.19. The number of nitrogens with one attached hydrogen (secondary N) is 1. The molecule has 1 fully saturated rings. The molecule has 0 aromatic rings. The van der Waals surface area contributed by atoms with Crippen LogP contribution in [0.15, 0.2) is 12.2 Å². The van der Waals surface area contributed by atoms with Crippen molar-refractivity contribution in [1.82, 2.24) is 5.32 Å². The van der Waals surface area contributed by atoms with E-state index >= 15 is 0 Å². The zero-order chi connectivity index (χ0) is 14.5. The Kier molecular flexibility index (Phi) is 6.38. The molecule has 1 aliphatic rings. The molecular weight excluding hydrogens is 258 g/mol. The lowest BCUT2D eigenvalue weighted by atomic mass is 9.82. The molecule has 19 heavy (non-hydrogen) atoms. The largest absolute Gasteiger partial charge is 0.356 e. The van der Waals surface area contributed by atoms with Crippen LogP contribution in [0.1, 0.15) is 59.3 Å². The number of hydrogen-bond acceptors (Lipinski definition) is 1. The number of rotatable bonds is 5. The highest BCUT2D eigenvalue weighted by Gasteiger charge is 2.24. The van der Waals surface area contributed by atoms with Crippen LogP contribution in [0.2, 0.25) is 0 Å². The lowest BCUT2D eigenvalue weighted by Crippen LogP contribution is -2.29. The van der Waals surface area contributed by atoms with Gasteiger partial charge in [-0.2, -0.15) is 0 Å². The van der Waals surface area contributed by atoms with Gasteiger partial charge in [0, 0.05) is 18.3 Å². The Morgan fingerprint density at radius 3 is 2.68 bits per heavy atom. The monoisotopic (exact) mass is 285 g/mol. The van der Waals surface area contributed by atoms with Gasteiger partial charge in [-0.05, 0) is 43.4 Å². The van der Waals surface area contributed by atoms with E-state index in [9.17, 15) is 4.79 Å². The minimum Gasteiger partial charge on any atom is -0.356 e. The van der Waals surface area contributed by atoms with Crippen LogP contribution < -0.4 is 5.32 Å². The average molecular weight is 286 g/mol. The molecular formula is C16H28ClNO. The van der Waals surface area contributed by atoms with Gasteiger partial charge < -0.3 is 5.32 Å². The molecule has 0 aliphatic heterocycles. The average Bonchev–Trinajstić information content (AvgIpc) is 2.27. The summed E-state index contributed by atoms with van der Waals surface area (Å²) in [5.41, 5.74) is 1.49. The third kappa shape index (κ3) is 7.00. The zero-order valence-electron chi connectivity index (χ0n) is 12.6. The molecule has 2 unspecified atom stereocenters. The lowest BCUT2D eigenvalue weighted by molar-refractivity contribution is -0.121. The maximum absolute atomic E-state index is 11.9. The van der Waals surface area contributed by atoms with Gasteiger partial charge in [0.25, 0.3) is 0 Å². The summed E-state index contributed by atoms with van der Waals surface area (Å²) in [7, 11) is 0. The van der Waals surface area contributed by atoms with Crippen molar-refractivity contribution in [3.8, 4) is 0 Å². The number of allylic oxidation sites excluding steroid dienone is 1. The highest BCUT2D eigenvalue weighted by Crippen LogP contribution is 2.33. The van der Waals surface area contributed by atoms with E-state index in [0.717, 1.165) is 44.2 Å². The van der Waals surface area contributed by atoms with Crippen LogP contribution in [0, 0.1) is 11.3 Å². The van der Waals surface area contributed by atoms with Crippen molar-refractivity contribution in [3.63, 3.8) is 0 Å². The van der Waals surface area contributed by atoms with Gasteiger partial charge in [0.2, 0.25) is 5.91 Å². The minimum atomic E-state index is 0.160. The fourth-order valence-electron chi connectivity index (χ4n) is 2.53. The number of hydrogen-bond donors (Lipinski definition) is 1. The van der Waals surface area contributed by atoms with Gasteiger partial charge >= 0.3 is 0 Å². The molecule has 0 heterocycles. The Labute approximate surface area is 123 Å². The summed E-state index contributed by atoms with van der Waals surface area (Å²) >= 11 is 6.10. The molecule has 0 saturated heterocycles. The Morgan fingerprint density at radius 1 is 1.42 bits per heavy atom. The van der Waals surface area contributed by atoms with Crippen molar-refractivity contribution in [2.75, 3.05) is 6.54 Å². The second-order valence-corrected chi connectivity index (χ2v) is 7.57. The van der Waals surface area contributed by atoms with Crippen LogP contribution in [0.5, 0.6) is 0 Å². The molecule has 1 aliphatic carbocycles. The van der Waals surface area contributed by atoms with Crippen molar-refractivity contribution in [2.24, 2.45) is 11.3 Å². The second kappa shape index (κ2) is 7.33. The first kappa shape index (κ1) is 16.6. The van der Waals surface area contributed by atoms with E-state index in [1.165, 1.54) is 0 Å². The molecule has 0 radical (unpaired) electrons. The first-order chi connectivity index (χ1) is 8.78. The summed E-state index contributed by atoms with van der Waals surface area (Å²) < 4.78 is 0. The van der Waals surface area contributed by atoms with Crippen LogP contribution in [-0.4, -0.2) is 17.8 Å². The summed E-state index contributed by atoms with van der Waals surface area (Å²) in [6.45, 7) is 11.5. The number of carbonyl (C=O) groups is 1. The fourth-order valence-corrected chi connectivity index (χ4v) is 2.85. The molecule has 1 N–H and O–H groups in total. The van der Waals surface area contributed by atoms with Gasteiger partial charge in [-0.25, -0.2) is 0 Å². The van der Waals surface area contributed by atoms with E-state index in [4.69, 9.17) is 11.6 Å². The number of amides is 1. The maximum Gasteiger partial charge on any atom is 0.220 e. The summed E-state index contributed by atoms with van der Waals surface area (Å²) in [5.74, 6) is 0.491. The van der Waals surface area contributed by atoms with Crippen molar-refractivity contribution in [1.29, 1.82) is 0 Å². The molecule has 2 nitrogen and oxygen atoms in total. The SMILES string of the molecule is C=C1CC(Cl)CCC1CC(=O)NCCCC(C)(C)C. The van der Waals surface area contributed by atoms with Crippen LogP contribution >= 0.6 is 11.6 Å². The summed E-state index contributed by atoms with van der Waals surface area (Å²) in [6.07, 6.45) is 5.63. The maximum atomic E-state index is 11.9. The normalized spacial score (nSPS) is 24.3. The molecule has 0 spiro atoms. The van der Waals surface area contributed by atoms with Crippen molar-refractivity contribution < 1.29 is 4.79 Å². The Bertz CT molecular complexity index is 319. The van der Waals surface area contributed by atoms with Crippen molar-refractivity contribution in [2.45, 2.75) is 64.7 Å². The number of carbonyl (C=O) groups excluding carboxylic acids is 1. The van der Waals surface area contributed by atoms with Crippen molar-refractivity contribution in [3.05, 3.63) is 12.2 Å². The molecule has 0 aromatic carbocycles. The molecule has 1 rings (SSSR count). The smallest absolute Gasteiger partial charge is 0.220 e. The highest BCUT2D eigenvalue weighted by molar-refractivity contribution is 6.20. The van der Waals surface area contributed by atoms with E-state index < -0.39 is 0 Å². The summed E-state index contributed by atoms with van der Waals surface area (Å²) in [4.78, 5) is 11.9. The summed E-state index contributed by atoms with van der Waals surface area (Å²) in [5, 5.41) is 3.24. The van der Waals surface area contributed by atoms with E-state index in [2.05, 4.69) is 32.7 Å². The van der Waals surface area contributed by atoms with Gasteiger partial charge in [-0.15, -0.1) is 11.6 Å². The van der Waals surface area contributed by atoms with E-state index in [-0.39, 0.29) is 11.3 Å². The first-order valence-electron chi connectivity index (χ1n) is 7.36. The predicted molar refractivity (Wildman–Crippen MR) is 82.4 cm³/mol. The molecule has 0 bridgehead atoms. The molecule has 2 atom stereocenters.